The van der Waals surface area contributed by atoms with Gasteiger partial charge in [0.25, 0.3) is 5.91 Å². The number of nitrogens with one attached hydrogen (secondary N) is 1. The number of carbonyl (C=O) groups is 1. The zero-order valence-corrected chi connectivity index (χ0v) is 10.0. The van der Waals surface area contributed by atoms with Crippen molar-refractivity contribution >= 4 is 17.7 Å². The van der Waals surface area contributed by atoms with E-state index in [1.54, 1.807) is 12.1 Å². The summed E-state index contributed by atoms with van der Waals surface area (Å²) in [6.45, 7) is 0.730. The molecule has 0 radical (unpaired) electrons. The lowest BCUT2D eigenvalue weighted by molar-refractivity contribution is 0.0953. The Labute approximate surface area is 99.2 Å². The predicted molar refractivity (Wildman–Crippen MR) is 65.9 cm³/mol. The molecule has 0 spiro atoms. The van der Waals surface area contributed by atoms with Gasteiger partial charge in [0.15, 0.2) is 0 Å². The molecule has 0 atom stereocenters. The molecule has 16 heavy (non-hydrogen) atoms. The van der Waals surface area contributed by atoms with Gasteiger partial charge in [-0.05, 0) is 43.4 Å². The van der Waals surface area contributed by atoms with Gasteiger partial charge in [-0.25, -0.2) is 0 Å². The van der Waals surface area contributed by atoms with Crippen LogP contribution in [0, 0.1) is 0 Å². The molecule has 4 heteroatoms. The van der Waals surface area contributed by atoms with Gasteiger partial charge in [-0.15, -0.1) is 0 Å². The maximum atomic E-state index is 11.7. The monoisotopic (exact) mass is 237 g/mol. The number of phenolic OH excluding ortho intramolecular Hbond substituents is 1. The average Bonchev–Trinajstić information content (AvgIpc) is 3.08. The minimum Gasteiger partial charge on any atom is -0.508 e. The van der Waals surface area contributed by atoms with Crippen molar-refractivity contribution in [2.24, 2.45) is 0 Å². The molecule has 2 N–H and O–H groups in total. The number of rotatable bonds is 4. The van der Waals surface area contributed by atoms with E-state index in [9.17, 15) is 4.79 Å². The van der Waals surface area contributed by atoms with Crippen molar-refractivity contribution in [3.8, 4) is 5.75 Å². The highest BCUT2D eigenvalue weighted by molar-refractivity contribution is 8.00. The largest absolute Gasteiger partial charge is 0.508 e. The molecule has 0 aromatic heterocycles. The molecule has 1 aromatic rings. The Morgan fingerprint density at radius 3 is 2.56 bits per heavy atom. The quantitative estimate of drug-likeness (QED) is 0.842. The van der Waals surface area contributed by atoms with Gasteiger partial charge in [0.05, 0.1) is 0 Å². The third-order valence-electron chi connectivity index (χ3n) is 2.94. The lowest BCUT2D eigenvalue weighted by Crippen LogP contribution is -2.31. The summed E-state index contributed by atoms with van der Waals surface area (Å²) in [5.41, 5.74) is 0.592. The zero-order chi connectivity index (χ0) is 11.6. The van der Waals surface area contributed by atoms with Crippen molar-refractivity contribution in [1.29, 1.82) is 0 Å². The van der Waals surface area contributed by atoms with Crippen molar-refractivity contribution < 1.29 is 9.90 Å². The third-order valence-corrected chi connectivity index (χ3v) is 4.36. The summed E-state index contributed by atoms with van der Waals surface area (Å²) >= 11 is 1.82. The van der Waals surface area contributed by atoms with Gasteiger partial charge >= 0.3 is 0 Å². The van der Waals surface area contributed by atoms with E-state index in [1.807, 2.05) is 11.8 Å². The van der Waals surface area contributed by atoms with E-state index in [1.165, 1.54) is 25.0 Å². The van der Waals surface area contributed by atoms with Gasteiger partial charge in [0.2, 0.25) is 0 Å². The summed E-state index contributed by atoms with van der Waals surface area (Å²) in [7, 11) is 0. The Bertz CT molecular complexity index is 385. The molecular formula is C12H15NO2S. The van der Waals surface area contributed by atoms with Crippen LogP contribution in [0.1, 0.15) is 23.2 Å². The molecule has 3 nitrogen and oxygen atoms in total. The second kappa shape index (κ2) is 4.37. The van der Waals surface area contributed by atoms with Gasteiger partial charge < -0.3 is 10.4 Å². The van der Waals surface area contributed by atoms with Crippen LogP contribution in [-0.4, -0.2) is 28.6 Å². The summed E-state index contributed by atoms with van der Waals surface area (Å²) in [6, 6.07) is 6.30. The van der Waals surface area contributed by atoms with Crippen LogP contribution in [0.5, 0.6) is 5.75 Å². The average molecular weight is 237 g/mol. The van der Waals surface area contributed by atoms with Crippen LogP contribution in [0.25, 0.3) is 0 Å². The molecule has 1 aliphatic carbocycles. The van der Waals surface area contributed by atoms with E-state index in [0.29, 0.717) is 5.56 Å². The maximum Gasteiger partial charge on any atom is 0.251 e. The highest BCUT2D eigenvalue weighted by atomic mass is 32.2. The van der Waals surface area contributed by atoms with E-state index >= 15 is 0 Å². The zero-order valence-electron chi connectivity index (χ0n) is 9.19. The second-order valence-electron chi connectivity index (χ2n) is 4.12. The van der Waals surface area contributed by atoms with Gasteiger partial charge in [0.1, 0.15) is 5.75 Å². The van der Waals surface area contributed by atoms with Crippen molar-refractivity contribution in [3.63, 3.8) is 0 Å². The molecule has 86 valence electrons. The van der Waals surface area contributed by atoms with Crippen LogP contribution in [0.4, 0.5) is 0 Å². The summed E-state index contributed by atoms with van der Waals surface area (Å²) in [5, 5.41) is 12.0. The first-order valence-corrected chi connectivity index (χ1v) is 6.50. The normalized spacial score (nSPS) is 16.8. The van der Waals surface area contributed by atoms with E-state index in [2.05, 4.69) is 11.6 Å². The van der Waals surface area contributed by atoms with E-state index in [4.69, 9.17) is 5.11 Å². The smallest absolute Gasteiger partial charge is 0.251 e. The Balaban J connectivity index is 1.91. The minimum absolute atomic E-state index is 0.0691. The molecule has 1 fully saturated rings. The molecule has 1 amide bonds. The fourth-order valence-electron chi connectivity index (χ4n) is 1.55. The Kier molecular flexibility index (Phi) is 3.10. The standard InChI is InChI=1S/C12H15NO2S/c1-16-12(6-7-12)8-13-11(15)9-2-4-10(14)5-3-9/h2-5,14H,6-8H2,1H3,(H,13,15). The summed E-state index contributed by atoms with van der Waals surface area (Å²) in [6.07, 6.45) is 4.45. The molecule has 1 aromatic carbocycles. The lowest BCUT2D eigenvalue weighted by Gasteiger charge is -2.12. The molecule has 1 saturated carbocycles. The maximum absolute atomic E-state index is 11.7. The van der Waals surface area contributed by atoms with Crippen molar-refractivity contribution in [3.05, 3.63) is 29.8 Å². The van der Waals surface area contributed by atoms with E-state index in [-0.39, 0.29) is 16.4 Å². The van der Waals surface area contributed by atoms with Crippen LogP contribution in [0.3, 0.4) is 0 Å². The highest BCUT2D eigenvalue weighted by Gasteiger charge is 2.41. The van der Waals surface area contributed by atoms with Crippen LogP contribution >= 0.6 is 11.8 Å². The van der Waals surface area contributed by atoms with E-state index in [0.717, 1.165) is 6.54 Å². The molecule has 0 unspecified atom stereocenters. The number of aromatic hydroxyl groups is 1. The topological polar surface area (TPSA) is 49.3 Å². The summed E-state index contributed by atoms with van der Waals surface area (Å²) < 4.78 is 0.284. The van der Waals surface area contributed by atoms with Gasteiger partial charge in [0, 0.05) is 16.9 Å². The first-order valence-electron chi connectivity index (χ1n) is 5.28. The fourth-order valence-corrected chi connectivity index (χ4v) is 2.28. The van der Waals surface area contributed by atoms with Gasteiger partial charge in [-0.1, -0.05) is 0 Å². The number of hydrogen-bond donors (Lipinski definition) is 2. The molecular weight excluding hydrogens is 222 g/mol. The number of hydrogen-bond acceptors (Lipinski definition) is 3. The molecule has 0 saturated heterocycles. The first-order chi connectivity index (χ1) is 7.65. The summed E-state index contributed by atoms with van der Waals surface area (Å²) in [5.74, 6) is 0.111. The minimum atomic E-state index is -0.0691. The predicted octanol–water partition coefficient (Wildman–Crippen LogP) is 2.02. The van der Waals surface area contributed by atoms with Crippen molar-refractivity contribution in [2.45, 2.75) is 17.6 Å². The second-order valence-corrected chi connectivity index (χ2v) is 5.39. The SMILES string of the molecule is CSC1(CNC(=O)c2ccc(O)cc2)CC1. The molecule has 2 rings (SSSR count). The number of thioether (sulfide) groups is 1. The molecule has 0 aliphatic heterocycles. The molecule has 0 bridgehead atoms. The highest BCUT2D eigenvalue weighted by Crippen LogP contribution is 2.46. The number of amides is 1. The summed E-state index contributed by atoms with van der Waals surface area (Å²) in [4.78, 5) is 11.7. The number of phenols is 1. The van der Waals surface area contributed by atoms with Gasteiger partial charge in [-0.3, -0.25) is 4.79 Å². The van der Waals surface area contributed by atoms with Gasteiger partial charge in [-0.2, -0.15) is 11.8 Å². The van der Waals surface area contributed by atoms with Crippen LogP contribution < -0.4 is 5.32 Å². The van der Waals surface area contributed by atoms with E-state index < -0.39 is 0 Å². The fraction of sp³-hybridized carbons (Fsp3) is 0.417. The van der Waals surface area contributed by atoms with Crippen molar-refractivity contribution in [1.82, 2.24) is 5.32 Å². The van der Waals surface area contributed by atoms with Crippen LogP contribution in [0.15, 0.2) is 24.3 Å². The Morgan fingerprint density at radius 2 is 2.06 bits per heavy atom. The molecule has 0 heterocycles. The number of benzene rings is 1. The lowest BCUT2D eigenvalue weighted by atomic mass is 10.2. The number of carbonyl (C=O) groups excluding carboxylic acids is 1. The third kappa shape index (κ3) is 2.50. The van der Waals surface area contributed by atoms with Crippen LogP contribution in [-0.2, 0) is 0 Å². The van der Waals surface area contributed by atoms with Crippen LogP contribution in [0.2, 0.25) is 0 Å². The van der Waals surface area contributed by atoms with Crippen molar-refractivity contribution in [2.75, 3.05) is 12.8 Å². The Morgan fingerprint density at radius 1 is 1.44 bits per heavy atom. The molecule has 1 aliphatic rings. The first kappa shape index (κ1) is 11.3. The Hall–Kier alpha value is -1.16.